The van der Waals surface area contributed by atoms with E-state index in [9.17, 15) is 13.2 Å². The molecule has 0 spiro atoms. The molecule has 0 saturated carbocycles. The summed E-state index contributed by atoms with van der Waals surface area (Å²) in [5.74, 6) is 0.305. The lowest BCUT2D eigenvalue weighted by molar-refractivity contribution is -0.120. The summed E-state index contributed by atoms with van der Waals surface area (Å²) >= 11 is 0. The molecular weight excluding hydrogens is 378 g/mol. The van der Waals surface area contributed by atoms with Gasteiger partial charge in [-0.25, -0.2) is 13.1 Å². The minimum atomic E-state index is -3.47. The molecule has 0 aliphatic rings. The first kappa shape index (κ1) is 19.9. The summed E-state index contributed by atoms with van der Waals surface area (Å²) in [6.45, 7) is 0.281. The van der Waals surface area contributed by atoms with Crippen molar-refractivity contribution in [2.45, 2.75) is 13.0 Å². The summed E-state index contributed by atoms with van der Waals surface area (Å²) in [6.07, 6.45) is 1.94. The number of carbonyl (C=O) groups excluding carboxylic acids is 1. The van der Waals surface area contributed by atoms with Gasteiger partial charge >= 0.3 is 0 Å². The average molecular weight is 401 g/mol. The Morgan fingerprint density at radius 2 is 1.93 bits per heavy atom. The van der Waals surface area contributed by atoms with E-state index in [0.29, 0.717) is 5.75 Å². The van der Waals surface area contributed by atoms with Gasteiger partial charge in [-0.2, -0.15) is 0 Å². The maximum absolute atomic E-state index is 12.2. The van der Waals surface area contributed by atoms with Crippen LogP contribution >= 0.6 is 0 Å². The van der Waals surface area contributed by atoms with E-state index in [1.165, 1.54) is 0 Å². The van der Waals surface area contributed by atoms with Crippen LogP contribution in [0.25, 0.3) is 10.9 Å². The van der Waals surface area contributed by atoms with Crippen molar-refractivity contribution in [3.63, 3.8) is 0 Å². The lowest BCUT2D eigenvalue weighted by atomic mass is 10.1. The van der Waals surface area contributed by atoms with E-state index in [4.69, 9.17) is 4.74 Å². The second-order valence-electron chi connectivity index (χ2n) is 6.38. The van der Waals surface area contributed by atoms with Gasteiger partial charge in [-0.1, -0.05) is 30.3 Å². The molecule has 0 aliphatic heterocycles. The lowest BCUT2D eigenvalue weighted by Crippen LogP contribution is -2.34. The van der Waals surface area contributed by atoms with Gasteiger partial charge in [0.25, 0.3) is 0 Å². The van der Waals surface area contributed by atoms with Gasteiger partial charge in [0.2, 0.25) is 15.9 Å². The number of amides is 1. The summed E-state index contributed by atoms with van der Waals surface area (Å²) < 4.78 is 31.9. The van der Waals surface area contributed by atoms with Crippen molar-refractivity contribution < 1.29 is 17.9 Å². The third-order valence-corrected chi connectivity index (χ3v) is 5.68. The predicted octanol–water partition coefficient (Wildman–Crippen LogP) is 1.95. The fraction of sp³-hybridized carbons (Fsp3) is 0.250. The summed E-state index contributed by atoms with van der Waals surface area (Å²) in [5, 5.41) is 3.57. The molecule has 1 aromatic heterocycles. The number of hydrogen-bond acceptors (Lipinski definition) is 4. The fourth-order valence-corrected chi connectivity index (χ4v) is 3.75. The van der Waals surface area contributed by atoms with Gasteiger partial charge in [0.15, 0.2) is 0 Å². The number of aromatic amines is 1. The van der Waals surface area contributed by atoms with E-state index in [1.54, 1.807) is 13.3 Å². The molecule has 0 atom stereocenters. The minimum absolute atomic E-state index is 0.0502. The number of carbonyl (C=O) groups is 1. The van der Waals surface area contributed by atoms with Crippen molar-refractivity contribution in [2.24, 2.45) is 0 Å². The third-order valence-electron chi connectivity index (χ3n) is 4.36. The Morgan fingerprint density at radius 1 is 1.14 bits per heavy atom. The third kappa shape index (κ3) is 5.34. The Morgan fingerprint density at radius 3 is 2.68 bits per heavy atom. The molecule has 148 valence electrons. The normalized spacial score (nSPS) is 11.5. The molecule has 0 radical (unpaired) electrons. The van der Waals surface area contributed by atoms with Gasteiger partial charge in [-0.3, -0.25) is 4.79 Å². The highest BCUT2D eigenvalue weighted by molar-refractivity contribution is 7.89. The van der Waals surface area contributed by atoms with Crippen molar-refractivity contribution in [2.75, 3.05) is 19.4 Å². The van der Waals surface area contributed by atoms with Gasteiger partial charge < -0.3 is 15.0 Å². The Labute approximate surface area is 164 Å². The van der Waals surface area contributed by atoms with E-state index >= 15 is 0 Å². The molecule has 1 heterocycles. The van der Waals surface area contributed by atoms with Crippen LogP contribution in [0.15, 0.2) is 54.7 Å². The monoisotopic (exact) mass is 401 g/mol. The molecule has 7 nitrogen and oxygen atoms in total. The number of H-pyrrole nitrogens is 1. The van der Waals surface area contributed by atoms with Gasteiger partial charge in [-0.15, -0.1) is 0 Å². The van der Waals surface area contributed by atoms with Gasteiger partial charge in [0.05, 0.1) is 19.3 Å². The summed E-state index contributed by atoms with van der Waals surface area (Å²) in [5.41, 5.74) is 2.62. The molecule has 3 rings (SSSR count). The number of methoxy groups -OCH3 is 1. The maximum Gasteiger partial charge on any atom is 0.224 e. The van der Waals surface area contributed by atoms with E-state index < -0.39 is 10.0 Å². The average Bonchev–Trinajstić information content (AvgIpc) is 3.09. The van der Waals surface area contributed by atoms with Crippen LogP contribution in [0.3, 0.4) is 0 Å². The molecular formula is C20H23N3O4S. The number of nitrogens with one attached hydrogen (secondary N) is 3. The number of ether oxygens (including phenoxy) is 1. The van der Waals surface area contributed by atoms with Crippen molar-refractivity contribution in [1.82, 2.24) is 15.0 Å². The number of rotatable bonds is 9. The largest absolute Gasteiger partial charge is 0.497 e. The summed E-state index contributed by atoms with van der Waals surface area (Å²) in [7, 11) is -1.88. The second kappa shape index (κ2) is 8.90. The molecule has 3 aromatic rings. The summed E-state index contributed by atoms with van der Waals surface area (Å²) in [6, 6.07) is 14.9. The first-order chi connectivity index (χ1) is 13.5. The second-order valence-corrected chi connectivity index (χ2v) is 8.30. The Kier molecular flexibility index (Phi) is 6.33. The van der Waals surface area contributed by atoms with Gasteiger partial charge in [0.1, 0.15) is 5.75 Å². The molecule has 0 fully saturated rings. The molecule has 3 N–H and O–H groups in total. The van der Waals surface area contributed by atoms with Crippen molar-refractivity contribution in [1.29, 1.82) is 0 Å². The van der Waals surface area contributed by atoms with Crippen LogP contribution in [-0.4, -0.2) is 38.7 Å². The molecule has 8 heteroatoms. The molecule has 0 saturated heterocycles. The van der Waals surface area contributed by atoms with Crippen LogP contribution in [0.4, 0.5) is 0 Å². The zero-order valence-corrected chi connectivity index (χ0v) is 16.4. The number of fused-ring (bicyclic) bond motifs is 1. The first-order valence-corrected chi connectivity index (χ1v) is 10.5. The van der Waals surface area contributed by atoms with E-state index in [2.05, 4.69) is 15.0 Å². The Bertz CT molecular complexity index is 1050. The number of aromatic nitrogens is 1. The highest BCUT2D eigenvalue weighted by atomic mass is 32.2. The van der Waals surface area contributed by atoms with Crippen LogP contribution in [0.2, 0.25) is 0 Å². The maximum atomic E-state index is 12.2. The van der Waals surface area contributed by atoms with Crippen LogP contribution in [-0.2, 0) is 27.8 Å². The van der Waals surface area contributed by atoms with Crippen molar-refractivity contribution >= 4 is 26.8 Å². The van der Waals surface area contributed by atoms with Crippen LogP contribution in [0.1, 0.15) is 11.1 Å². The fourth-order valence-electron chi connectivity index (χ4n) is 2.85. The molecule has 0 bridgehead atoms. The van der Waals surface area contributed by atoms with E-state index in [0.717, 1.165) is 22.0 Å². The lowest BCUT2D eigenvalue weighted by Gasteiger charge is -2.08. The zero-order valence-electron chi connectivity index (χ0n) is 15.6. The SMILES string of the molecule is COc1ccc2[nH]cc(CC(=O)NCCS(=O)(=O)NCc3ccccc3)c2c1. The van der Waals surface area contributed by atoms with Gasteiger partial charge in [0, 0.05) is 30.2 Å². The number of benzene rings is 2. The molecule has 28 heavy (non-hydrogen) atoms. The zero-order chi connectivity index (χ0) is 20.0. The molecule has 2 aromatic carbocycles. The predicted molar refractivity (Wildman–Crippen MR) is 109 cm³/mol. The Balaban J connectivity index is 1.49. The quantitative estimate of drug-likeness (QED) is 0.510. The van der Waals surface area contributed by atoms with Crippen LogP contribution in [0, 0.1) is 0 Å². The molecule has 1 amide bonds. The molecule has 0 unspecified atom stereocenters. The van der Waals surface area contributed by atoms with E-state index in [1.807, 2.05) is 48.5 Å². The summed E-state index contributed by atoms with van der Waals surface area (Å²) in [4.78, 5) is 15.3. The Hall–Kier alpha value is -2.84. The van der Waals surface area contributed by atoms with Crippen LogP contribution in [0.5, 0.6) is 5.75 Å². The van der Waals surface area contributed by atoms with Crippen molar-refractivity contribution in [3.8, 4) is 5.75 Å². The standard InChI is InChI=1S/C20H23N3O4S/c1-27-17-7-8-19-18(12-17)16(14-22-19)11-20(24)21-9-10-28(25,26)23-13-15-5-3-2-4-6-15/h2-8,12,14,22-23H,9-11,13H2,1H3,(H,21,24). The van der Waals surface area contributed by atoms with Crippen molar-refractivity contribution in [3.05, 3.63) is 65.9 Å². The number of hydrogen-bond donors (Lipinski definition) is 3. The topological polar surface area (TPSA) is 100 Å². The van der Waals surface area contributed by atoms with Gasteiger partial charge in [-0.05, 0) is 29.3 Å². The highest BCUT2D eigenvalue weighted by Crippen LogP contribution is 2.23. The minimum Gasteiger partial charge on any atom is -0.497 e. The smallest absolute Gasteiger partial charge is 0.224 e. The van der Waals surface area contributed by atoms with Crippen LogP contribution < -0.4 is 14.8 Å². The number of sulfonamides is 1. The highest BCUT2D eigenvalue weighted by Gasteiger charge is 2.13. The first-order valence-electron chi connectivity index (χ1n) is 8.89. The molecule has 0 aliphatic carbocycles. The van der Waals surface area contributed by atoms with E-state index in [-0.39, 0.29) is 31.2 Å².